The van der Waals surface area contributed by atoms with Gasteiger partial charge in [-0.15, -0.1) is 6.58 Å². The maximum atomic E-state index is 11.9. The second-order valence-corrected chi connectivity index (χ2v) is 4.97. The Morgan fingerprint density at radius 3 is 2.89 bits per heavy atom. The highest BCUT2D eigenvalue weighted by molar-refractivity contribution is 6.32. The van der Waals surface area contributed by atoms with Crippen LogP contribution >= 0.6 is 11.6 Å². The Morgan fingerprint density at radius 1 is 1.67 bits per heavy atom. The van der Waals surface area contributed by atoms with Gasteiger partial charge < -0.3 is 10.1 Å². The van der Waals surface area contributed by atoms with Crippen LogP contribution in [0.15, 0.2) is 23.6 Å². The van der Waals surface area contributed by atoms with Crippen LogP contribution in [0.1, 0.15) is 13.8 Å². The van der Waals surface area contributed by atoms with E-state index in [0.29, 0.717) is 18.8 Å². The van der Waals surface area contributed by atoms with E-state index in [4.69, 9.17) is 16.3 Å². The first-order chi connectivity index (χ1) is 8.41. The first-order valence-corrected chi connectivity index (χ1v) is 5.92. The Kier molecular flexibility index (Phi) is 4.93. The molecule has 0 bridgehead atoms. The molecule has 1 aromatic heterocycles. The van der Waals surface area contributed by atoms with E-state index in [1.54, 1.807) is 13.2 Å². The van der Waals surface area contributed by atoms with Crippen molar-refractivity contribution in [2.45, 2.75) is 25.9 Å². The van der Waals surface area contributed by atoms with E-state index in [1.807, 2.05) is 13.8 Å². The van der Waals surface area contributed by atoms with Crippen molar-refractivity contribution in [3.05, 3.63) is 34.2 Å². The Labute approximate surface area is 111 Å². The number of ether oxygens (including phenoxy) is 1. The molecule has 0 spiro atoms. The van der Waals surface area contributed by atoms with E-state index in [-0.39, 0.29) is 16.1 Å². The molecule has 0 fully saturated rings. The number of methoxy groups -OCH3 is 1. The van der Waals surface area contributed by atoms with Crippen LogP contribution < -0.4 is 10.9 Å². The van der Waals surface area contributed by atoms with Crippen LogP contribution in [-0.4, -0.2) is 29.0 Å². The highest BCUT2D eigenvalue weighted by atomic mass is 35.5. The lowest BCUT2D eigenvalue weighted by molar-refractivity contribution is 0.158. The molecule has 0 aliphatic carbocycles. The zero-order chi connectivity index (χ0) is 13.8. The molecule has 1 N–H and O–H groups in total. The Bertz CT molecular complexity index is 483. The zero-order valence-electron chi connectivity index (χ0n) is 10.9. The predicted octanol–water partition coefficient (Wildman–Crippen LogP) is 1.92. The zero-order valence-corrected chi connectivity index (χ0v) is 11.6. The molecule has 0 saturated carbocycles. The van der Waals surface area contributed by atoms with Crippen LogP contribution in [0.25, 0.3) is 0 Å². The number of hydrogen-bond donors (Lipinski definition) is 1. The number of nitrogens with zero attached hydrogens (tertiary/aromatic N) is 2. The third kappa shape index (κ3) is 3.58. The van der Waals surface area contributed by atoms with E-state index in [0.717, 1.165) is 0 Å². The van der Waals surface area contributed by atoms with Gasteiger partial charge >= 0.3 is 0 Å². The lowest BCUT2D eigenvalue weighted by Gasteiger charge is -2.26. The van der Waals surface area contributed by atoms with Gasteiger partial charge in [0.05, 0.1) is 30.6 Å². The van der Waals surface area contributed by atoms with Crippen LogP contribution in [0.3, 0.4) is 0 Å². The second-order valence-electron chi connectivity index (χ2n) is 4.59. The van der Waals surface area contributed by atoms with Gasteiger partial charge in [-0.1, -0.05) is 17.7 Å². The molecule has 0 saturated heterocycles. The Morgan fingerprint density at radius 2 is 2.33 bits per heavy atom. The summed E-state index contributed by atoms with van der Waals surface area (Å²) >= 11 is 6.03. The third-order valence-corrected chi connectivity index (χ3v) is 2.63. The average molecular weight is 272 g/mol. The molecule has 5 nitrogen and oxygen atoms in total. The van der Waals surface area contributed by atoms with Crippen LogP contribution in [-0.2, 0) is 11.3 Å². The summed E-state index contributed by atoms with van der Waals surface area (Å²) < 4.78 is 6.34. The summed E-state index contributed by atoms with van der Waals surface area (Å²) in [5, 5.41) is 7.28. The lowest BCUT2D eigenvalue weighted by atomic mass is 10.1. The van der Waals surface area contributed by atoms with Crippen molar-refractivity contribution in [3.8, 4) is 0 Å². The lowest BCUT2D eigenvalue weighted by Crippen LogP contribution is -2.37. The second kappa shape index (κ2) is 6.02. The largest absolute Gasteiger partial charge is 0.382 e. The van der Waals surface area contributed by atoms with Gasteiger partial charge in [0.25, 0.3) is 5.56 Å². The van der Waals surface area contributed by atoms with Gasteiger partial charge in [-0.3, -0.25) is 4.79 Å². The van der Waals surface area contributed by atoms with Gasteiger partial charge in [0, 0.05) is 7.11 Å². The maximum absolute atomic E-state index is 11.9. The minimum atomic E-state index is -0.338. The van der Waals surface area contributed by atoms with E-state index in [9.17, 15) is 4.79 Å². The topological polar surface area (TPSA) is 56.1 Å². The van der Waals surface area contributed by atoms with Crippen molar-refractivity contribution < 1.29 is 4.74 Å². The van der Waals surface area contributed by atoms with Crippen molar-refractivity contribution in [1.82, 2.24) is 9.78 Å². The molecular formula is C12H18ClN3O2. The van der Waals surface area contributed by atoms with E-state index in [2.05, 4.69) is 17.0 Å². The molecule has 1 heterocycles. The maximum Gasteiger partial charge on any atom is 0.287 e. The van der Waals surface area contributed by atoms with Gasteiger partial charge in [0.15, 0.2) is 0 Å². The quantitative estimate of drug-likeness (QED) is 0.803. The summed E-state index contributed by atoms with van der Waals surface area (Å²) in [6.45, 7) is 8.27. The summed E-state index contributed by atoms with van der Waals surface area (Å²) in [5.74, 6) is 0. The Balaban J connectivity index is 3.02. The van der Waals surface area contributed by atoms with Gasteiger partial charge in [-0.25, -0.2) is 4.68 Å². The van der Waals surface area contributed by atoms with Crippen LogP contribution in [0, 0.1) is 0 Å². The standard InChI is InChI=1S/C12H18ClN3O2/c1-5-6-16-11(17)10(13)9(7-14-16)15-12(2,3)8-18-4/h5,7,15H,1,6,8H2,2-4H3. The normalized spacial score (nSPS) is 11.3. The van der Waals surface area contributed by atoms with E-state index >= 15 is 0 Å². The SMILES string of the molecule is C=CCn1ncc(NC(C)(C)COC)c(Cl)c1=O. The summed E-state index contributed by atoms with van der Waals surface area (Å²) in [7, 11) is 1.62. The van der Waals surface area contributed by atoms with Crippen molar-refractivity contribution in [1.29, 1.82) is 0 Å². The molecule has 0 unspecified atom stereocenters. The molecule has 100 valence electrons. The van der Waals surface area contributed by atoms with Crippen molar-refractivity contribution in [2.24, 2.45) is 0 Å². The number of anilines is 1. The number of aromatic nitrogens is 2. The number of nitrogens with one attached hydrogen (secondary N) is 1. The van der Waals surface area contributed by atoms with Crippen LogP contribution in [0.5, 0.6) is 0 Å². The number of halogens is 1. The highest BCUT2D eigenvalue weighted by Gasteiger charge is 2.20. The van der Waals surface area contributed by atoms with Gasteiger partial charge in [0.1, 0.15) is 5.02 Å². The van der Waals surface area contributed by atoms with Crippen LogP contribution in [0.2, 0.25) is 5.02 Å². The third-order valence-electron chi connectivity index (χ3n) is 2.27. The minimum absolute atomic E-state index is 0.121. The minimum Gasteiger partial charge on any atom is -0.382 e. The summed E-state index contributed by atoms with van der Waals surface area (Å²) in [6, 6.07) is 0. The van der Waals surface area contributed by atoms with E-state index in [1.165, 1.54) is 10.9 Å². The molecule has 0 aliphatic rings. The van der Waals surface area contributed by atoms with Gasteiger partial charge in [0.2, 0.25) is 0 Å². The molecule has 18 heavy (non-hydrogen) atoms. The Hall–Kier alpha value is -1.33. The fourth-order valence-electron chi connectivity index (χ4n) is 1.57. The van der Waals surface area contributed by atoms with Crippen molar-refractivity contribution in [2.75, 3.05) is 19.0 Å². The molecule has 0 aromatic carbocycles. The smallest absolute Gasteiger partial charge is 0.287 e. The molecule has 1 aromatic rings. The summed E-state index contributed by atoms with van der Waals surface area (Å²) in [6.07, 6.45) is 3.12. The fourth-order valence-corrected chi connectivity index (χ4v) is 1.76. The number of allylic oxidation sites excluding steroid dienone is 1. The van der Waals surface area contributed by atoms with Crippen molar-refractivity contribution in [3.63, 3.8) is 0 Å². The molecule has 6 heteroatoms. The van der Waals surface area contributed by atoms with E-state index < -0.39 is 0 Å². The molecule has 0 atom stereocenters. The molecule has 0 radical (unpaired) electrons. The molecule has 1 rings (SSSR count). The van der Waals surface area contributed by atoms with Crippen LogP contribution in [0.4, 0.5) is 5.69 Å². The highest BCUT2D eigenvalue weighted by Crippen LogP contribution is 2.20. The molecule has 0 aliphatic heterocycles. The number of hydrogen-bond acceptors (Lipinski definition) is 4. The van der Waals surface area contributed by atoms with Crippen molar-refractivity contribution >= 4 is 17.3 Å². The van der Waals surface area contributed by atoms with Gasteiger partial charge in [-0.05, 0) is 13.8 Å². The molecule has 0 amide bonds. The summed E-state index contributed by atoms with van der Waals surface area (Å²) in [4.78, 5) is 11.9. The number of rotatable bonds is 6. The first-order valence-electron chi connectivity index (χ1n) is 5.55. The molecular weight excluding hydrogens is 254 g/mol. The summed E-state index contributed by atoms with van der Waals surface area (Å²) in [5.41, 5.74) is -0.171. The average Bonchev–Trinajstić information content (AvgIpc) is 2.29. The predicted molar refractivity (Wildman–Crippen MR) is 73.3 cm³/mol. The fraction of sp³-hybridized carbons (Fsp3) is 0.500. The van der Waals surface area contributed by atoms with Gasteiger partial charge in [-0.2, -0.15) is 5.10 Å². The first kappa shape index (κ1) is 14.7. The monoisotopic (exact) mass is 271 g/mol.